The van der Waals surface area contributed by atoms with Crippen LogP contribution in [0.4, 0.5) is 5.69 Å². The van der Waals surface area contributed by atoms with Gasteiger partial charge in [-0.25, -0.2) is 0 Å². The molecule has 0 aromatic heterocycles. The van der Waals surface area contributed by atoms with Crippen molar-refractivity contribution >= 4 is 30.4 Å². The first-order valence-electron chi connectivity index (χ1n) is 13.3. The van der Waals surface area contributed by atoms with Gasteiger partial charge in [0.15, 0.2) is 0 Å². The number of ether oxygens (including phenoxy) is 2. The fourth-order valence-corrected chi connectivity index (χ4v) is 4.90. The largest absolute Gasteiger partial charge is 0.496 e. The van der Waals surface area contributed by atoms with Crippen molar-refractivity contribution in [1.82, 2.24) is 5.01 Å². The van der Waals surface area contributed by atoms with Gasteiger partial charge in [-0.05, 0) is 73.5 Å². The zero-order chi connectivity index (χ0) is 27.7. The van der Waals surface area contributed by atoms with E-state index in [-0.39, 0.29) is 6.61 Å². The van der Waals surface area contributed by atoms with Crippen molar-refractivity contribution in [2.45, 2.75) is 37.0 Å². The molecular weight excluding hydrogens is 506 g/mol. The molecule has 0 saturated heterocycles. The van der Waals surface area contributed by atoms with Crippen molar-refractivity contribution < 1.29 is 14.6 Å². The summed E-state index contributed by atoms with van der Waals surface area (Å²) in [6.07, 6.45) is 9.50. The van der Waals surface area contributed by atoms with E-state index < -0.39 is 0 Å². The highest BCUT2D eigenvalue weighted by Crippen LogP contribution is 2.30. The maximum Gasteiger partial charge on any atom is 0.127 e. The van der Waals surface area contributed by atoms with E-state index in [0.29, 0.717) is 12.4 Å². The van der Waals surface area contributed by atoms with Crippen LogP contribution in [-0.4, -0.2) is 55.8 Å². The maximum absolute atomic E-state index is 9.57. The molecule has 39 heavy (non-hydrogen) atoms. The lowest BCUT2D eigenvalue weighted by Crippen LogP contribution is -2.21. The Kier molecular flexibility index (Phi) is 13.2. The molecule has 6 nitrogen and oxygen atoms in total. The molecule has 1 N–H and O–H groups in total. The van der Waals surface area contributed by atoms with Crippen LogP contribution in [0.2, 0.25) is 0 Å². The van der Waals surface area contributed by atoms with Crippen molar-refractivity contribution in [2.75, 3.05) is 32.7 Å². The number of benzene rings is 3. The van der Waals surface area contributed by atoms with Crippen LogP contribution < -0.4 is 9.47 Å². The van der Waals surface area contributed by atoms with Crippen LogP contribution in [0, 0.1) is 0 Å². The van der Waals surface area contributed by atoms with Crippen molar-refractivity contribution in [2.24, 2.45) is 10.1 Å². The summed E-state index contributed by atoms with van der Waals surface area (Å²) in [7, 11) is 1.65. The molecule has 0 aliphatic carbocycles. The maximum atomic E-state index is 9.57. The van der Waals surface area contributed by atoms with E-state index in [1.54, 1.807) is 25.1 Å². The van der Waals surface area contributed by atoms with Gasteiger partial charge in [-0.3, -0.25) is 10.0 Å². The minimum Gasteiger partial charge on any atom is -0.496 e. The van der Waals surface area contributed by atoms with Crippen LogP contribution in [-0.2, 0) is 0 Å². The Morgan fingerprint density at radius 1 is 0.974 bits per heavy atom. The van der Waals surface area contributed by atoms with Crippen LogP contribution in [0.5, 0.6) is 11.5 Å². The summed E-state index contributed by atoms with van der Waals surface area (Å²) in [5.41, 5.74) is 3.83. The van der Waals surface area contributed by atoms with Gasteiger partial charge in [0, 0.05) is 10.5 Å². The highest BCUT2D eigenvalue weighted by atomic mass is 32.2. The lowest BCUT2D eigenvalue weighted by Gasteiger charge is -2.18. The van der Waals surface area contributed by atoms with Gasteiger partial charge < -0.3 is 14.6 Å². The standard InChI is InChI=1S/C32H39N3O3S/c1-4-5-6-7-8-11-22-38-29-17-14-26(15-18-29)27-16-19-31(37-3)28(23-27)24-34-35(20-21-36)25-39-32-13-10-9-12-30(32)33-2/h4,9-10,12-19,23-24,36H,1-2,5-8,11,20-22,25H2,3H3/b34-24+. The summed E-state index contributed by atoms with van der Waals surface area (Å²) >= 11 is 1.60. The van der Waals surface area contributed by atoms with Crippen LogP contribution in [0.1, 0.15) is 37.7 Å². The van der Waals surface area contributed by atoms with Crippen molar-refractivity contribution in [3.8, 4) is 22.6 Å². The van der Waals surface area contributed by atoms with Crippen LogP contribution >= 0.6 is 11.8 Å². The lowest BCUT2D eigenvalue weighted by molar-refractivity contribution is 0.222. The number of hydrazone groups is 1. The molecule has 206 valence electrons. The quantitative estimate of drug-likeness (QED) is 0.0445. The highest BCUT2D eigenvalue weighted by molar-refractivity contribution is 7.99. The van der Waals surface area contributed by atoms with Crippen molar-refractivity contribution in [3.63, 3.8) is 0 Å². The Bertz CT molecular complexity index is 1200. The third kappa shape index (κ3) is 9.93. The molecule has 0 saturated carbocycles. The predicted molar refractivity (Wildman–Crippen MR) is 165 cm³/mol. The third-order valence-electron chi connectivity index (χ3n) is 6.11. The zero-order valence-electron chi connectivity index (χ0n) is 22.8. The predicted octanol–water partition coefficient (Wildman–Crippen LogP) is 7.59. The van der Waals surface area contributed by atoms with Gasteiger partial charge in [0.2, 0.25) is 0 Å². The van der Waals surface area contributed by atoms with E-state index in [1.807, 2.05) is 59.6 Å². The number of unbranched alkanes of at least 4 members (excludes halogenated alkanes) is 4. The molecule has 0 unspecified atom stereocenters. The molecule has 0 spiro atoms. The smallest absolute Gasteiger partial charge is 0.127 e. The number of allylic oxidation sites excluding steroid dienone is 1. The number of para-hydroxylation sites is 1. The Labute approximate surface area is 237 Å². The molecule has 0 radical (unpaired) electrons. The van der Waals surface area contributed by atoms with E-state index in [2.05, 4.69) is 41.6 Å². The minimum absolute atomic E-state index is 0.000160. The number of aliphatic hydroxyl groups is 1. The fraction of sp³-hybridized carbons (Fsp3) is 0.312. The molecule has 7 heteroatoms. The Hall–Kier alpha value is -3.55. The first kappa shape index (κ1) is 30.0. The molecule has 0 aliphatic heterocycles. The van der Waals surface area contributed by atoms with Crippen LogP contribution in [0.15, 0.2) is 94.4 Å². The average Bonchev–Trinajstić information content (AvgIpc) is 2.98. The van der Waals surface area contributed by atoms with E-state index in [4.69, 9.17) is 9.47 Å². The normalized spacial score (nSPS) is 10.9. The average molecular weight is 546 g/mol. The number of rotatable bonds is 18. The number of methoxy groups -OCH3 is 1. The van der Waals surface area contributed by atoms with Gasteiger partial charge in [-0.15, -0.1) is 18.3 Å². The first-order valence-corrected chi connectivity index (χ1v) is 14.3. The molecule has 0 fully saturated rings. The molecule has 0 atom stereocenters. The fourth-order valence-electron chi connectivity index (χ4n) is 3.96. The van der Waals surface area contributed by atoms with Gasteiger partial charge in [0.05, 0.1) is 44.6 Å². The minimum atomic E-state index is 0.000160. The topological polar surface area (TPSA) is 66.7 Å². The van der Waals surface area contributed by atoms with Crippen molar-refractivity contribution in [3.05, 3.63) is 84.9 Å². The summed E-state index contributed by atoms with van der Waals surface area (Å²) in [6, 6.07) is 22.1. The second-order valence-electron chi connectivity index (χ2n) is 8.92. The SMILES string of the molecule is C=CCCCCCCOc1ccc(-c2ccc(OC)c(/C=N/N(CCO)CSc3ccccc3N=C)c2)cc1. The zero-order valence-corrected chi connectivity index (χ0v) is 23.6. The van der Waals surface area contributed by atoms with E-state index in [0.717, 1.165) is 58.2 Å². The number of aliphatic hydroxyl groups excluding tert-OH is 1. The Balaban J connectivity index is 1.64. The number of hydrogen-bond donors (Lipinski definition) is 1. The summed E-state index contributed by atoms with van der Waals surface area (Å²) in [5, 5.41) is 16.0. The van der Waals surface area contributed by atoms with Crippen LogP contribution in [0.3, 0.4) is 0 Å². The van der Waals surface area contributed by atoms with Gasteiger partial charge >= 0.3 is 0 Å². The molecule has 0 amide bonds. The summed E-state index contributed by atoms with van der Waals surface area (Å²) in [5.74, 6) is 2.17. The first-order chi connectivity index (χ1) is 19.2. The van der Waals surface area contributed by atoms with E-state index >= 15 is 0 Å². The summed E-state index contributed by atoms with van der Waals surface area (Å²) in [6.45, 7) is 8.55. The lowest BCUT2D eigenvalue weighted by atomic mass is 10.0. The van der Waals surface area contributed by atoms with Gasteiger partial charge in [-0.2, -0.15) is 5.10 Å². The molecule has 3 aromatic carbocycles. The molecule has 3 rings (SSSR count). The number of hydrogen-bond acceptors (Lipinski definition) is 7. The van der Waals surface area contributed by atoms with Gasteiger partial charge in [-0.1, -0.05) is 49.2 Å². The monoisotopic (exact) mass is 545 g/mol. The highest BCUT2D eigenvalue weighted by Gasteiger charge is 2.08. The number of aliphatic imine (C=N–C) groups is 1. The van der Waals surface area contributed by atoms with Crippen LogP contribution in [0.25, 0.3) is 11.1 Å². The number of thioether (sulfide) groups is 1. The third-order valence-corrected chi connectivity index (χ3v) is 7.19. The second kappa shape index (κ2) is 17.1. The summed E-state index contributed by atoms with van der Waals surface area (Å²) < 4.78 is 11.5. The molecule has 0 aliphatic rings. The Morgan fingerprint density at radius 2 is 1.74 bits per heavy atom. The number of nitrogens with zero attached hydrogens (tertiary/aromatic N) is 3. The van der Waals surface area contributed by atoms with Gasteiger partial charge in [0.25, 0.3) is 0 Å². The molecule has 0 bridgehead atoms. The Morgan fingerprint density at radius 3 is 2.49 bits per heavy atom. The molecular formula is C32H39N3O3S. The van der Waals surface area contributed by atoms with Crippen molar-refractivity contribution in [1.29, 1.82) is 0 Å². The van der Waals surface area contributed by atoms with E-state index in [1.165, 1.54) is 19.3 Å². The molecule has 3 aromatic rings. The summed E-state index contributed by atoms with van der Waals surface area (Å²) in [4.78, 5) is 5.10. The van der Waals surface area contributed by atoms with Gasteiger partial charge in [0.1, 0.15) is 11.5 Å². The molecule has 0 heterocycles. The van der Waals surface area contributed by atoms with E-state index in [9.17, 15) is 5.11 Å². The second-order valence-corrected chi connectivity index (χ2v) is 9.91.